The summed E-state index contributed by atoms with van der Waals surface area (Å²) in [6, 6.07) is 13.0. The van der Waals surface area contributed by atoms with Crippen molar-refractivity contribution in [1.82, 2.24) is 5.32 Å². The highest BCUT2D eigenvalue weighted by Gasteiger charge is 2.23. The molecule has 1 atom stereocenters. The highest BCUT2D eigenvalue weighted by atomic mass is 79.9. The average Bonchev–Trinajstić information content (AvgIpc) is 2.67. The van der Waals surface area contributed by atoms with Gasteiger partial charge in [-0.25, -0.2) is 9.59 Å². The molecule has 2 aromatic rings. The minimum absolute atomic E-state index is 0.132. The van der Waals surface area contributed by atoms with Gasteiger partial charge in [0.1, 0.15) is 6.04 Å². The van der Waals surface area contributed by atoms with Gasteiger partial charge >= 0.3 is 11.9 Å². The number of nitrogens with one attached hydrogen (secondary N) is 1. The van der Waals surface area contributed by atoms with E-state index in [2.05, 4.69) is 21.2 Å². The zero-order chi connectivity index (χ0) is 19.8. The van der Waals surface area contributed by atoms with Crippen LogP contribution in [-0.4, -0.2) is 37.6 Å². The normalized spacial score (nSPS) is 11.4. The minimum atomic E-state index is -0.891. The number of esters is 2. The number of amides is 1. The second kappa shape index (κ2) is 10.1. The van der Waals surface area contributed by atoms with Gasteiger partial charge in [-0.15, -0.1) is 0 Å². The molecule has 0 aliphatic rings. The maximum Gasteiger partial charge on any atom is 0.340 e. The van der Waals surface area contributed by atoms with E-state index in [4.69, 9.17) is 21.1 Å². The van der Waals surface area contributed by atoms with E-state index in [0.29, 0.717) is 4.47 Å². The Kier molecular flexibility index (Phi) is 7.82. The third-order valence-electron chi connectivity index (χ3n) is 3.59. The van der Waals surface area contributed by atoms with Crippen LogP contribution in [0.2, 0.25) is 5.02 Å². The number of ether oxygens (including phenoxy) is 2. The van der Waals surface area contributed by atoms with Crippen LogP contribution in [-0.2, 0) is 25.5 Å². The lowest BCUT2D eigenvalue weighted by atomic mass is 10.1. The fourth-order valence-electron chi connectivity index (χ4n) is 2.28. The highest BCUT2D eigenvalue weighted by molar-refractivity contribution is 9.10. The van der Waals surface area contributed by atoms with Crippen LogP contribution in [0.3, 0.4) is 0 Å². The van der Waals surface area contributed by atoms with Crippen molar-refractivity contribution in [1.29, 1.82) is 0 Å². The summed E-state index contributed by atoms with van der Waals surface area (Å²) in [4.78, 5) is 36.1. The molecule has 0 radical (unpaired) electrons. The molecule has 2 aromatic carbocycles. The summed E-state index contributed by atoms with van der Waals surface area (Å²) in [6.07, 6.45) is 0.255. The van der Waals surface area contributed by atoms with Gasteiger partial charge in [0.2, 0.25) is 0 Å². The smallest absolute Gasteiger partial charge is 0.340 e. The van der Waals surface area contributed by atoms with E-state index in [-0.39, 0.29) is 17.0 Å². The summed E-state index contributed by atoms with van der Waals surface area (Å²) in [5, 5.41) is 2.72. The molecule has 1 amide bonds. The number of methoxy groups -OCH3 is 1. The monoisotopic (exact) mass is 453 g/mol. The van der Waals surface area contributed by atoms with Gasteiger partial charge in [0.25, 0.3) is 5.91 Å². The molecular formula is C19H17BrClNO5. The Balaban J connectivity index is 1.96. The molecular weight excluding hydrogens is 438 g/mol. The van der Waals surface area contributed by atoms with Crippen LogP contribution < -0.4 is 5.32 Å². The van der Waals surface area contributed by atoms with Crippen molar-refractivity contribution in [3.05, 3.63) is 69.2 Å². The Morgan fingerprint density at radius 3 is 2.52 bits per heavy atom. The van der Waals surface area contributed by atoms with E-state index in [0.717, 1.165) is 5.56 Å². The zero-order valence-corrected chi connectivity index (χ0v) is 16.7. The molecule has 2 rings (SSSR count). The summed E-state index contributed by atoms with van der Waals surface area (Å²) in [5.74, 6) is -1.96. The lowest BCUT2D eigenvalue weighted by Gasteiger charge is -2.16. The van der Waals surface area contributed by atoms with E-state index in [1.54, 1.807) is 6.07 Å². The largest absolute Gasteiger partial charge is 0.467 e. The Morgan fingerprint density at radius 1 is 1.15 bits per heavy atom. The highest BCUT2D eigenvalue weighted by Crippen LogP contribution is 2.21. The van der Waals surface area contributed by atoms with Crippen LogP contribution in [0.25, 0.3) is 0 Å². The van der Waals surface area contributed by atoms with Crippen molar-refractivity contribution in [3.8, 4) is 0 Å². The number of rotatable bonds is 7. The number of carbonyl (C=O) groups excluding carboxylic acids is 3. The molecule has 0 aliphatic heterocycles. The van der Waals surface area contributed by atoms with Crippen LogP contribution in [0.15, 0.2) is 53.0 Å². The maximum atomic E-state index is 12.1. The predicted octanol–water partition coefficient (Wildman–Crippen LogP) is 3.16. The van der Waals surface area contributed by atoms with E-state index in [1.807, 2.05) is 30.3 Å². The molecule has 1 N–H and O–H groups in total. The molecule has 0 heterocycles. The summed E-state index contributed by atoms with van der Waals surface area (Å²) in [5.41, 5.74) is 0.985. The summed E-state index contributed by atoms with van der Waals surface area (Å²) < 4.78 is 10.4. The number of benzene rings is 2. The fourth-order valence-corrected chi connectivity index (χ4v) is 2.84. The summed E-state index contributed by atoms with van der Waals surface area (Å²) in [7, 11) is 1.24. The van der Waals surface area contributed by atoms with Gasteiger partial charge in [0.05, 0.1) is 17.7 Å². The van der Waals surface area contributed by atoms with E-state index >= 15 is 0 Å². The van der Waals surface area contributed by atoms with Crippen molar-refractivity contribution in [2.75, 3.05) is 13.7 Å². The molecule has 27 heavy (non-hydrogen) atoms. The summed E-state index contributed by atoms with van der Waals surface area (Å²) in [6.45, 7) is -0.552. The third kappa shape index (κ3) is 6.37. The third-order valence-corrected chi connectivity index (χ3v) is 4.41. The second-order valence-electron chi connectivity index (χ2n) is 5.53. The van der Waals surface area contributed by atoms with Crippen molar-refractivity contribution >= 4 is 45.4 Å². The van der Waals surface area contributed by atoms with Gasteiger partial charge in [-0.2, -0.15) is 0 Å². The number of carbonyl (C=O) groups is 3. The molecule has 0 aromatic heterocycles. The van der Waals surface area contributed by atoms with E-state index < -0.39 is 30.5 Å². The van der Waals surface area contributed by atoms with Crippen molar-refractivity contribution in [2.24, 2.45) is 0 Å². The van der Waals surface area contributed by atoms with Crippen LogP contribution in [0.5, 0.6) is 0 Å². The molecule has 8 heteroatoms. The lowest BCUT2D eigenvalue weighted by Crippen LogP contribution is -2.44. The fraction of sp³-hybridized carbons (Fsp3) is 0.211. The SMILES string of the molecule is COC(=O)C(Cc1ccccc1)NC(=O)COC(=O)c1cc(Br)ccc1Cl. The molecule has 142 valence electrons. The molecule has 0 bridgehead atoms. The first-order chi connectivity index (χ1) is 12.9. The first-order valence-electron chi connectivity index (χ1n) is 7.94. The van der Waals surface area contributed by atoms with E-state index in [9.17, 15) is 14.4 Å². The van der Waals surface area contributed by atoms with Gasteiger partial charge in [0, 0.05) is 10.9 Å². The van der Waals surface area contributed by atoms with Crippen molar-refractivity contribution in [2.45, 2.75) is 12.5 Å². The Morgan fingerprint density at radius 2 is 1.85 bits per heavy atom. The van der Waals surface area contributed by atoms with Gasteiger partial charge < -0.3 is 14.8 Å². The first-order valence-corrected chi connectivity index (χ1v) is 9.11. The van der Waals surface area contributed by atoms with Crippen LogP contribution in [0.1, 0.15) is 15.9 Å². The van der Waals surface area contributed by atoms with Crippen LogP contribution >= 0.6 is 27.5 Å². The Hall–Kier alpha value is -2.38. The maximum absolute atomic E-state index is 12.1. The topological polar surface area (TPSA) is 81.7 Å². The molecule has 6 nitrogen and oxygen atoms in total. The lowest BCUT2D eigenvalue weighted by molar-refractivity contribution is -0.145. The van der Waals surface area contributed by atoms with Gasteiger partial charge in [-0.3, -0.25) is 4.79 Å². The van der Waals surface area contributed by atoms with Gasteiger partial charge in [0.15, 0.2) is 6.61 Å². The molecule has 0 spiro atoms. The standard InChI is InChI=1S/C19H17BrClNO5/c1-26-19(25)16(9-12-5-3-2-4-6-12)22-17(23)11-27-18(24)14-10-13(20)7-8-15(14)21/h2-8,10,16H,9,11H2,1H3,(H,22,23). The first kappa shape index (κ1) is 20.9. The number of halogens is 2. The van der Waals surface area contributed by atoms with Crippen molar-refractivity contribution in [3.63, 3.8) is 0 Å². The molecule has 0 saturated heterocycles. The zero-order valence-electron chi connectivity index (χ0n) is 14.4. The summed E-state index contributed by atoms with van der Waals surface area (Å²) >= 11 is 9.19. The van der Waals surface area contributed by atoms with Gasteiger partial charge in [-0.05, 0) is 23.8 Å². The van der Waals surface area contributed by atoms with Crippen molar-refractivity contribution < 1.29 is 23.9 Å². The Bertz CT molecular complexity index is 828. The molecule has 1 unspecified atom stereocenters. The van der Waals surface area contributed by atoms with E-state index in [1.165, 1.54) is 19.2 Å². The molecule has 0 saturated carbocycles. The average molecular weight is 455 g/mol. The molecule has 0 fully saturated rings. The predicted molar refractivity (Wildman–Crippen MR) is 104 cm³/mol. The second-order valence-corrected chi connectivity index (χ2v) is 6.86. The minimum Gasteiger partial charge on any atom is -0.467 e. The molecule has 0 aliphatic carbocycles. The van der Waals surface area contributed by atoms with Crippen LogP contribution in [0, 0.1) is 0 Å². The quantitative estimate of drug-likeness (QED) is 0.650. The van der Waals surface area contributed by atoms with Gasteiger partial charge in [-0.1, -0.05) is 57.9 Å². The number of hydrogen-bond donors (Lipinski definition) is 1. The number of hydrogen-bond acceptors (Lipinski definition) is 5. The van der Waals surface area contributed by atoms with Crippen LogP contribution in [0.4, 0.5) is 0 Å². The Labute approximate surface area is 169 Å².